The summed E-state index contributed by atoms with van der Waals surface area (Å²) in [4.78, 5) is 14.6. The first-order chi connectivity index (χ1) is 9.52. The molecule has 1 saturated heterocycles. The Bertz CT molecular complexity index is 580. The number of hydrogen-bond acceptors (Lipinski definition) is 8. The van der Waals surface area contributed by atoms with E-state index in [9.17, 15) is 0 Å². The number of fused-ring (bicyclic) bond motifs is 1. The summed E-state index contributed by atoms with van der Waals surface area (Å²) in [6.07, 6.45) is -0.970. The van der Waals surface area contributed by atoms with E-state index in [0.29, 0.717) is 21.7 Å². The van der Waals surface area contributed by atoms with Gasteiger partial charge in [0.25, 0.3) is 0 Å². The van der Waals surface area contributed by atoms with Crippen molar-refractivity contribution in [3.63, 3.8) is 0 Å². The lowest BCUT2D eigenvalue weighted by Gasteiger charge is -2.10. The Morgan fingerprint density at radius 1 is 1.45 bits per heavy atom. The fourth-order valence-electron chi connectivity index (χ4n) is 1.65. The molecule has 2 aromatic heterocycles. The number of aliphatic hydroxyl groups is 3. The summed E-state index contributed by atoms with van der Waals surface area (Å²) in [6, 6.07) is 0. The van der Waals surface area contributed by atoms with Gasteiger partial charge in [-0.25, -0.2) is 15.0 Å². The second-order valence-electron chi connectivity index (χ2n) is 4.10. The summed E-state index contributed by atoms with van der Waals surface area (Å²) in [5.74, 6) is 0.410. The van der Waals surface area contributed by atoms with Crippen molar-refractivity contribution in [3.05, 3.63) is 11.1 Å². The number of nitrogen functional groups attached to an aromatic ring is 1. The number of aliphatic hydroxyl groups excluding tert-OH is 3. The lowest BCUT2D eigenvalue weighted by atomic mass is 10.2. The quantitative estimate of drug-likeness (QED) is 0.403. The second kappa shape index (κ2) is 6.41. The van der Waals surface area contributed by atoms with Crippen LogP contribution in [0.2, 0.25) is 0 Å². The van der Waals surface area contributed by atoms with Gasteiger partial charge in [-0.2, -0.15) is 0 Å². The van der Waals surface area contributed by atoms with Crippen LogP contribution in [0.5, 0.6) is 0 Å². The number of aromatic nitrogens is 4. The maximum atomic E-state index is 8.92. The van der Waals surface area contributed by atoms with Crippen LogP contribution in [-0.4, -0.2) is 66.8 Å². The molecule has 3 heterocycles. The van der Waals surface area contributed by atoms with Crippen LogP contribution in [0.15, 0.2) is 11.1 Å². The SMILES string of the molecule is Nc1ncnc2nc(Br)[nH]c12.OC[C@H]1OC[C@H](O)[C@@H]1O. The average molecular weight is 348 g/mol. The first-order valence-electron chi connectivity index (χ1n) is 5.73. The Morgan fingerprint density at radius 2 is 2.20 bits per heavy atom. The standard InChI is InChI=1S/C5H4BrN5.C5H10O4/c6-5-10-2-3(7)8-1-9-4(2)11-5;6-1-4-5(8)3(7)2-9-4/h1H,(H3,7,8,9,10,11);3-8H,1-2H2/t;3-,4+,5-/m.0/s1. The Labute approximate surface area is 122 Å². The van der Waals surface area contributed by atoms with Gasteiger partial charge in [-0.3, -0.25) is 0 Å². The summed E-state index contributed by atoms with van der Waals surface area (Å²) in [5.41, 5.74) is 6.77. The minimum Gasteiger partial charge on any atom is -0.394 e. The molecule has 0 spiro atoms. The van der Waals surface area contributed by atoms with E-state index in [1.165, 1.54) is 6.33 Å². The Hall–Kier alpha value is -1.33. The van der Waals surface area contributed by atoms with E-state index in [-0.39, 0.29) is 13.2 Å². The van der Waals surface area contributed by atoms with Crippen molar-refractivity contribution in [2.75, 3.05) is 18.9 Å². The molecule has 6 N–H and O–H groups in total. The predicted octanol–water partition coefficient (Wildman–Crippen LogP) is -1.20. The van der Waals surface area contributed by atoms with Crippen LogP contribution in [0.25, 0.3) is 11.2 Å². The number of anilines is 1. The van der Waals surface area contributed by atoms with Crippen LogP contribution >= 0.6 is 15.9 Å². The van der Waals surface area contributed by atoms with Crippen molar-refractivity contribution in [2.24, 2.45) is 0 Å². The van der Waals surface area contributed by atoms with Gasteiger partial charge in [0.2, 0.25) is 0 Å². The maximum absolute atomic E-state index is 8.92. The minimum absolute atomic E-state index is 0.117. The van der Waals surface area contributed by atoms with Crippen molar-refractivity contribution in [2.45, 2.75) is 18.3 Å². The van der Waals surface area contributed by atoms with Crippen molar-refractivity contribution in [3.8, 4) is 0 Å². The van der Waals surface area contributed by atoms with Gasteiger partial charge < -0.3 is 30.8 Å². The number of H-pyrrole nitrogens is 1. The van der Waals surface area contributed by atoms with Gasteiger partial charge in [-0.05, 0) is 15.9 Å². The highest BCUT2D eigenvalue weighted by molar-refractivity contribution is 9.10. The first-order valence-corrected chi connectivity index (χ1v) is 6.52. The first kappa shape index (κ1) is 15.1. The molecule has 10 heteroatoms. The van der Waals surface area contributed by atoms with Gasteiger partial charge in [0, 0.05) is 0 Å². The normalized spacial score (nSPS) is 25.5. The van der Waals surface area contributed by atoms with Crippen LogP contribution in [-0.2, 0) is 4.74 Å². The highest BCUT2D eigenvalue weighted by Gasteiger charge is 2.33. The van der Waals surface area contributed by atoms with Gasteiger partial charge in [0.15, 0.2) is 16.2 Å². The van der Waals surface area contributed by atoms with Crippen molar-refractivity contribution < 1.29 is 20.1 Å². The number of nitrogens with one attached hydrogen (secondary N) is 1. The number of ether oxygens (including phenoxy) is 1. The van der Waals surface area contributed by atoms with E-state index in [1.807, 2.05) is 0 Å². The molecule has 1 fully saturated rings. The van der Waals surface area contributed by atoms with Crippen LogP contribution in [0.4, 0.5) is 5.82 Å². The zero-order valence-electron chi connectivity index (χ0n) is 10.3. The fraction of sp³-hybridized carbons (Fsp3) is 0.500. The molecule has 0 aromatic carbocycles. The monoisotopic (exact) mass is 347 g/mol. The van der Waals surface area contributed by atoms with Gasteiger partial charge in [-0.1, -0.05) is 0 Å². The maximum Gasteiger partial charge on any atom is 0.183 e. The van der Waals surface area contributed by atoms with Crippen LogP contribution in [0.1, 0.15) is 0 Å². The number of nitrogens with zero attached hydrogens (tertiary/aromatic N) is 3. The van der Waals surface area contributed by atoms with Crippen molar-refractivity contribution in [1.82, 2.24) is 19.9 Å². The average Bonchev–Trinajstić information content (AvgIpc) is 2.95. The molecular weight excluding hydrogens is 334 g/mol. The molecule has 1 aliphatic rings. The number of halogens is 1. The van der Waals surface area contributed by atoms with Crippen LogP contribution in [0.3, 0.4) is 0 Å². The van der Waals surface area contributed by atoms with E-state index < -0.39 is 18.3 Å². The van der Waals surface area contributed by atoms with E-state index in [4.69, 9.17) is 25.8 Å². The molecule has 0 radical (unpaired) electrons. The third kappa shape index (κ3) is 3.22. The highest BCUT2D eigenvalue weighted by Crippen LogP contribution is 2.15. The summed E-state index contributed by atoms with van der Waals surface area (Å²) in [7, 11) is 0. The lowest BCUT2D eigenvalue weighted by Crippen LogP contribution is -2.31. The summed E-state index contributed by atoms with van der Waals surface area (Å²) in [5, 5.41) is 26.2. The third-order valence-electron chi connectivity index (χ3n) is 2.72. The predicted molar refractivity (Wildman–Crippen MR) is 72.6 cm³/mol. The molecule has 2 aromatic rings. The lowest BCUT2D eigenvalue weighted by molar-refractivity contribution is -0.00588. The minimum atomic E-state index is -0.921. The number of imidazole rings is 1. The molecule has 1 aliphatic heterocycles. The smallest absolute Gasteiger partial charge is 0.183 e. The Kier molecular flexibility index (Phi) is 4.83. The molecule has 3 rings (SSSR count). The van der Waals surface area contributed by atoms with Gasteiger partial charge >= 0.3 is 0 Å². The van der Waals surface area contributed by atoms with Crippen LogP contribution in [0, 0.1) is 0 Å². The molecule has 110 valence electrons. The van der Waals surface area contributed by atoms with E-state index in [2.05, 4.69) is 35.9 Å². The number of aromatic amines is 1. The Balaban J connectivity index is 0.000000151. The number of nitrogens with two attached hydrogens (primary N) is 1. The molecule has 9 nitrogen and oxygen atoms in total. The van der Waals surface area contributed by atoms with Crippen molar-refractivity contribution >= 4 is 32.9 Å². The molecular formula is C10H14BrN5O4. The Morgan fingerprint density at radius 3 is 2.70 bits per heavy atom. The van der Waals surface area contributed by atoms with Crippen molar-refractivity contribution in [1.29, 1.82) is 0 Å². The van der Waals surface area contributed by atoms with E-state index in [1.54, 1.807) is 0 Å². The molecule has 0 unspecified atom stereocenters. The summed E-state index contributed by atoms with van der Waals surface area (Å²) in [6.45, 7) is -0.120. The highest BCUT2D eigenvalue weighted by atomic mass is 79.9. The zero-order chi connectivity index (χ0) is 14.7. The summed E-state index contributed by atoms with van der Waals surface area (Å²) < 4.78 is 5.39. The van der Waals surface area contributed by atoms with E-state index in [0.717, 1.165) is 0 Å². The number of hydrogen-bond donors (Lipinski definition) is 5. The second-order valence-corrected chi connectivity index (χ2v) is 4.85. The van der Waals surface area contributed by atoms with Gasteiger partial charge in [-0.15, -0.1) is 0 Å². The summed E-state index contributed by atoms with van der Waals surface area (Å²) >= 11 is 3.17. The molecule has 0 aliphatic carbocycles. The van der Waals surface area contributed by atoms with E-state index >= 15 is 0 Å². The van der Waals surface area contributed by atoms with Gasteiger partial charge in [0.1, 0.15) is 30.2 Å². The third-order valence-corrected chi connectivity index (χ3v) is 3.10. The zero-order valence-corrected chi connectivity index (χ0v) is 11.9. The molecule has 0 bridgehead atoms. The molecule has 0 saturated carbocycles. The van der Waals surface area contributed by atoms with Crippen LogP contribution < -0.4 is 5.73 Å². The largest absolute Gasteiger partial charge is 0.394 e. The fourth-order valence-corrected chi connectivity index (χ4v) is 2.01. The molecule has 20 heavy (non-hydrogen) atoms. The molecule has 3 atom stereocenters. The molecule has 0 amide bonds. The number of rotatable bonds is 1. The van der Waals surface area contributed by atoms with Gasteiger partial charge in [0.05, 0.1) is 13.2 Å². The topological polar surface area (TPSA) is 150 Å².